The zero-order valence-electron chi connectivity index (χ0n) is 10.8. The van der Waals surface area contributed by atoms with Crippen molar-refractivity contribution >= 4 is 10.9 Å². The van der Waals surface area contributed by atoms with Gasteiger partial charge in [-0.1, -0.05) is 27.7 Å². The van der Waals surface area contributed by atoms with Crippen LogP contribution >= 0.6 is 0 Å². The molecule has 0 atom stereocenters. The van der Waals surface area contributed by atoms with E-state index in [2.05, 4.69) is 36.8 Å². The summed E-state index contributed by atoms with van der Waals surface area (Å²) in [4.78, 5) is 8.60. The Morgan fingerprint density at radius 2 is 1.88 bits per heavy atom. The molecular formula is C14H20N2. The molecule has 0 spiro atoms. The fourth-order valence-electron chi connectivity index (χ4n) is 1.71. The highest BCUT2D eigenvalue weighted by molar-refractivity contribution is 5.78. The summed E-state index contributed by atoms with van der Waals surface area (Å²) in [6, 6.07) is 4.22. The third kappa shape index (κ3) is 2.57. The minimum atomic E-state index is 0.528. The van der Waals surface area contributed by atoms with E-state index in [1.54, 1.807) is 0 Å². The lowest BCUT2D eigenvalue weighted by Crippen LogP contribution is -1.95. The molecule has 0 amide bonds. The standard InChI is InChI=1S/C12H14N2.C2H6/c1-8(2)11-6-10-4-5-13-7-12(10)14-9(11)3;1-2/h4-8H,1-3H3;1-2H3. The smallest absolute Gasteiger partial charge is 0.0888 e. The summed E-state index contributed by atoms with van der Waals surface area (Å²) in [6.45, 7) is 10.4. The summed E-state index contributed by atoms with van der Waals surface area (Å²) in [6.07, 6.45) is 3.62. The number of fused-ring (bicyclic) bond motifs is 1. The van der Waals surface area contributed by atoms with Crippen molar-refractivity contribution in [3.05, 3.63) is 35.8 Å². The van der Waals surface area contributed by atoms with Crippen LogP contribution in [0.3, 0.4) is 0 Å². The molecule has 0 aliphatic heterocycles. The Bertz CT molecular complexity index is 461. The van der Waals surface area contributed by atoms with Gasteiger partial charge in [0.25, 0.3) is 0 Å². The first-order chi connectivity index (χ1) is 7.68. The zero-order valence-corrected chi connectivity index (χ0v) is 10.8. The molecular weight excluding hydrogens is 196 g/mol. The van der Waals surface area contributed by atoms with E-state index in [1.807, 2.05) is 32.3 Å². The first-order valence-electron chi connectivity index (χ1n) is 5.90. The van der Waals surface area contributed by atoms with Gasteiger partial charge in [-0.15, -0.1) is 0 Å². The maximum atomic E-state index is 4.53. The van der Waals surface area contributed by atoms with E-state index in [9.17, 15) is 0 Å². The summed E-state index contributed by atoms with van der Waals surface area (Å²) in [5.74, 6) is 0.528. The van der Waals surface area contributed by atoms with E-state index in [0.717, 1.165) is 11.2 Å². The van der Waals surface area contributed by atoms with Crippen molar-refractivity contribution < 1.29 is 0 Å². The minimum absolute atomic E-state index is 0.528. The first kappa shape index (κ1) is 12.6. The van der Waals surface area contributed by atoms with Crippen LogP contribution in [-0.4, -0.2) is 9.97 Å². The summed E-state index contributed by atoms with van der Waals surface area (Å²) < 4.78 is 0. The van der Waals surface area contributed by atoms with Crippen LogP contribution in [0, 0.1) is 6.92 Å². The molecule has 0 aliphatic rings. The molecule has 0 fully saturated rings. The average Bonchev–Trinajstić information content (AvgIpc) is 2.30. The number of hydrogen-bond acceptors (Lipinski definition) is 2. The van der Waals surface area contributed by atoms with Gasteiger partial charge in [0, 0.05) is 17.3 Å². The van der Waals surface area contributed by atoms with Gasteiger partial charge in [-0.25, -0.2) is 0 Å². The van der Waals surface area contributed by atoms with Gasteiger partial charge in [0.05, 0.1) is 11.7 Å². The number of nitrogens with zero attached hydrogens (tertiary/aromatic N) is 2. The Labute approximate surface area is 97.7 Å². The van der Waals surface area contributed by atoms with Crippen molar-refractivity contribution in [2.45, 2.75) is 40.5 Å². The quantitative estimate of drug-likeness (QED) is 0.717. The van der Waals surface area contributed by atoms with Gasteiger partial charge in [-0.05, 0) is 30.5 Å². The average molecular weight is 216 g/mol. The third-order valence-electron chi connectivity index (χ3n) is 2.47. The molecule has 2 aromatic heterocycles. The Morgan fingerprint density at radius 1 is 1.19 bits per heavy atom. The highest BCUT2D eigenvalue weighted by Crippen LogP contribution is 2.21. The maximum absolute atomic E-state index is 4.53. The molecule has 2 heterocycles. The van der Waals surface area contributed by atoms with Crippen LogP contribution in [0.5, 0.6) is 0 Å². The predicted octanol–water partition coefficient (Wildman–Crippen LogP) is 4.09. The molecule has 0 unspecified atom stereocenters. The highest BCUT2D eigenvalue weighted by atomic mass is 14.7. The van der Waals surface area contributed by atoms with Crippen LogP contribution in [0.2, 0.25) is 0 Å². The van der Waals surface area contributed by atoms with Crippen molar-refractivity contribution in [2.24, 2.45) is 0 Å². The van der Waals surface area contributed by atoms with Gasteiger partial charge in [0.1, 0.15) is 0 Å². The largest absolute Gasteiger partial charge is 0.262 e. The molecule has 0 radical (unpaired) electrons. The second-order valence-electron chi connectivity index (χ2n) is 3.89. The van der Waals surface area contributed by atoms with Crippen molar-refractivity contribution in [1.82, 2.24) is 9.97 Å². The van der Waals surface area contributed by atoms with Gasteiger partial charge in [0.15, 0.2) is 0 Å². The SMILES string of the molecule is CC.Cc1nc2cnccc2cc1C(C)C. The lowest BCUT2D eigenvalue weighted by Gasteiger charge is -2.09. The minimum Gasteiger partial charge on any atom is -0.262 e. The molecule has 2 rings (SSSR count). The zero-order chi connectivity index (χ0) is 12.1. The fraction of sp³-hybridized carbons (Fsp3) is 0.429. The Balaban J connectivity index is 0.000000606. The van der Waals surface area contributed by atoms with Crippen LogP contribution in [-0.2, 0) is 0 Å². The van der Waals surface area contributed by atoms with Crippen LogP contribution in [0.25, 0.3) is 10.9 Å². The van der Waals surface area contributed by atoms with Gasteiger partial charge in [-0.2, -0.15) is 0 Å². The molecule has 0 bridgehead atoms. The molecule has 2 nitrogen and oxygen atoms in total. The third-order valence-corrected chi connectivity index (χ3v) is 2.47. The van der Waals surface area contributed by atoms with Crippen LogP contribution in [0.4, 0.5) is 0 Å². The van der Waals surface area contributed by atoms with E-state index >= 15 is 0 Å². The molecule has 86 valence electrons. The van der Waals surface area contributed by atoms with Gasteiger partial charge < -0.3 is 0 Å². The van der Waals surface area contributed by atoms with Crippen LogP contribution < -0.4 is 0 Å². The monoisotopic (exact) mass is 216 g/mol. The van der Waals surface area contributed by atoms with Crippen LogP contribution in [0.1, 0.15) is 44.9 Å². The number of hydrogen-bond donors (Lipinski definition) is 0. The highest BCUT2D eigenvalue weighted by Gasteiger charge is 2.06. The van der Waals surface area contributed by atoms with E-state index in [-0.39, 0.29) is 0 Å². The number of aryl methyl sites for hydroxylation is 1. The normalized spacial score (nSPS) is 10.1. The Hall–Kier alpha value is -1.44. The Morgan fingerprint density at radius 3 is 2.50 bits per heavy atom. The molecule has 2 aromatic rings. The van der Waals surface area contributed by atoms with Gasteiger partial charge >= 0.3 is 0 Å². The molecule has 0 aliphatic carbocycles. The molecule has 0 saturated heterocycles. The molecule has 0 aromatic carbocycles. The number of aromatic nitrogens is 2. The molecule has 16 heavy (non-hydrogen) atoms. The van der Waals surface area contributed by atoms with Crippen molar-refractivity contribution in [3.8, 4) is 0 Å². The van der Waals surface area contributed by atoms with E-state index in [1.165, 1.54) is 10.9 Å². The maximum Gasteiger partial charge on any atom is 0.0888 e. The molecule has 2 heteroatoms. The Kier molecular flexibility index (Phi) is 4.41. The van der Waals surface area contributed by atoms with Crippen LogP contribution in [0.15, 0.2) is 24.5 Å². The summed E-state index contributed by atoms with van der Waals surface area (Å²) >= 11 is 0. The van der Waals surface area contributed by atoms with E-state index in [0.29, 0.717) is 5.92 Å². The number of pyridine rings is 2. The molecule has 0 saturated carbocycles. The number of rotatable bonds is 1. The van der Waals surface area contributed by atoms with E-state index in [4.69, 9.17) is 0 Å². The summed E-state index contributed by atoms with van der Waals surface area (Å²) in [7, 11) is 0. The van der Waals surface area contributed by atoms with Crippen molar-refractivity contribution in [1.29, 1.82) is 0 Å². The lowest BCUT2D eigenvalue weighted by atomic mass is 10.0. The fourth-order valence-corrected chi connectivity index (χ4v) is 1.71. The van der Waals surface area contributed by atoms with Crippen molar-refractivity contribution in [3.63, 3.8) is 0 Å². The van der Waals surface area contributed by atoms with Gasteiger partial charge in [0.2, 0.25) is 0 Å². The summed E-state index contributed by atoms with van der Waals surface area (Å²) in [5.41, 5.74) is 3.42. The van der Waals surface area contributed by atoms with E-state index < -0.39 is 0 Å². The molecule has 0 N–H and O–H groups in total. The summed E-state index contributed by atoms with van der Waals surface area (Å²) in [5, 5.41) is 1.18. The second-order valence-corrected chi connectivity index (χ2v) is 3.89. The second kappa shape index (κ2) is 5.59. The first-order valence-corrected chi connectivity index (χ1v) is 5.90. The van der Waals surface area contributed by atoms with Crippen molar-refractivity contribution in [2.75, 3.05) is 0 Å². The van der Waals surface area contributed by atoms with Gasteiger partial charge in [-0.3, -0.25) is 9.97 Å². The topological polar surface area (TPSA) is 25.8 Å². The lowest BCUT2D eigenvalue weighted by molar-refractivity contribution is 0.847. The predicted molar refractivity (Wildman–Crippen MR) is 69.7 cm³/mol.